The number of carbonyl (C=O) groups is 1. The van der Waals surface area contributed by atoms with Crippen molar-refractivity contribution in [2.45, 2.75) is 58.0 Å². The van der Waals surface area contributed by atoms with Crippen LogP contribution in [0.2, 0.25) is 18.1 Å². The number of hydrogen-bond donors (Lipinski definition) is 0. The summed E-state index contributed by atoms with van der Waals surface area (Å²) in [5.41, 5.74) is 0.924. The van der Waals surface area contributed by atoms with Gasteiger partial charge in [-0.3, -0.25) is 4.79 Å². The van der Waals surface area contributed by atoms with Gasteiger partial charge in [-0.15, -0.1) is 0 Å². The summed E-state index contributed by atoms with van der Waals surface area (Å²) in [6.07, 6.45) is 0.124. The van der Waals surface area contributed by atoms with Crippen molar-refractivity contribution >= 4 is 24.2 Å². The van der Waals surface area contributed by atoms with E-state index in [1.54, 1.807) is 3.97 Å². The number of benzene rings is 1. The Morgan fingerprint density at radius 3 is 2.33 bits per heavy atom. The lowest BCUT2D eigenvalue weighted by Crippen LogP contribution is -2.70. The van der Waals surface area contributed by atoms with Gasteiger partial charge in [-0.1, -0.05) is 64.2 Å². The van der Waals surface area contributed by atoms with E-state index in [-0.39, 0.29) is 35.8 Å². The normalized spacial score (nSPS) is 21.1. The van der Waals surface area contributed by atoms with Crippen molar-refractivity contribution in [3.63, 3.8) is 0 Å². The Morgan fingerprint density at radius 1 is 1.25 bits per heavy atom. The molecule has 0 saturated carbocycles. The molecule has 0 aliphatic carbocycles. The van der Waals surface area contributed by atoms with Gasteiger partial charge in [0.2, 0.25) is 10.0 Å². The van der Waals surface area contributed by atoms with E-state index < -0.39 is 18.3 Å². The van der Waals surface area contributed by atoms with E-state index in [4.69, 9.17) is 4.74 Å². The molecule has 0 spiro atoms. The number of esters is 1. The molecule has 7 heteroatoms. The lowest BCUT2D eigenvalue weighted by Gasteiger charge is -2.53. The summed E-state index contributed by atoms with van der Waals surface area (Å²) in [7, 11) is -5.47. The Balaban J connectivity index is 2.00. The topological polar surface area (TPSA) is 63.7 Å². The third-order valence-corrected chi connectivity index (χ3v) is 14.1. The molecule has 1 heterocycles. The largest absolute Gasteiger partial charge is 0.461 e. The quantitative estimate of drug-likeness (QED) is 0.591. The molecule has 2 rings (SSSR count). The van der Waals surface area contributed by atoms with Gasteiger partial charge in [0, 0.05) is 6.04 Å². The molecule has 1 aliphatic heterocycles. The predicted octanol–water partition coefficient (Wildman–Crippen LogP) is 3.14. The Labute approximate surface area is 146 Å². The maximum atomic E-state index is 12.3. The van der Waals surface area contributed by atoms with E-state index in [2.05, 4.69) is 20.8 Å². The summed E-state index contributed by atoms with van der Waals surface area (Å²) in [4.78, 5) is 12.1. The fraction of sp³-hybridized carbons (Fsp3) is 0.588. The monoisotopic (exact) mass is 369 g/mol. The first kappa shape index (κ1) is 19.1. The zero-order valence-electron chi connectivity index (χ0n) is 15.1. The molecule has 0 amide bonds. The van der Waals surface area contributed by atoms with E-state index in [1.165, 1.54) is 0 Å². The van der Waals surface area contributed by atoms with Crippen LogP contribution in [-0.4, -0.2) is 38.4 Å². The van der Waals surface area contributed by atoms with Crippen molar-refractivity contribution in [3.8, 4) is 0 Å². The van der Waals surface area contributed by atoms with Gasteiger partial charge in [0.05, 0.1) is 12.2 Å². The van der Waals surface area contributed by atoms with E-state index >= 15 is 0 Å². The average molecular weight is 370 g/mol. The maximum Gasteiger partial charge on any atom is 0.307 e. The second kappa shape index (κ2) is 6.61. The molecule has 5 nitrogen and oxygen atoms in total. The van der Waals surface area contributed by atoms with Gasteiger partial charge >= 0.3 is 5.97 Å². The highest BCUT2D eigenvalue weighted by Crippen LogP contribution is 2.44. The Morgan fingerprint density at radius 2 is 1.83 bits per heavy atom. The minimum atomic E-state index is -3.24. The number of nitrogens with zero attached hydrogens (tertiary/aromatic N) is 1. The van der Waals surface area contributed by atoms with Gasteiger partial charge < -0.3 is 4.74 Å². The number of hydrogen-bond acceptors (Lipinski definition) is 4. The van der Waals surface area contributed by atoms with Crippen LogP contribution in [0.4, 0.5) is 0 Å². The predicted molar refractivity (Wildman–Crippen MR) is 97.5 cm³/mol. The maximum absolute atomic E-state index is 12.3. The van der Waals surface area contributed by atoms with Crippen LogP contribution in [0.15, 0.2) is 30.3 Å². The third kappa shape index (κ3) is 3.89. The zero-order valence-corrected chi connectivity index (χ0v) is 16.9. The molecule has 0 bridgehead atoms. The van der Waals surface area contributed by atoms with Crippen molar-refractivity contribution < 1.29 is 17.9 Å². The van der Waals surface area contributed by atoms with Crippen LogP contribution in [0.5, 0.6) is 0 Å². The van der Waals surface area contributed by atoms with E-state index in [9.17, 15) is 13.2 Å². The average Bonchev–Trinajstić information content (AvgIpc) is 2.43. The molecular formula is C17H27NO4SSi. The van der Waals surface area contributed by atoms with Gasteiger partial charge in [0.15, 0.2) is 0 Å². The van der Waals surface area contributed by atoms with Crippen LogP contribution in [0.3, 0.4) is 0 Å². The fourth-order valence-corrected chi connectivity index (χ4v) is 9.77. The third-order valence-electron chi connectivity index (χ3n) is 5.07. The summed E-state index contributed by atoms with van der Waals surface area (Å²) < 4.78 is 31.5. The summed E-state index contributed by atoms with van der Waals surface area (Å²) in [6, 6.07) is 9.20. The van der Waals surface area contributed by atoms with E-state index in [1.807, 2.05) is 43.4 Å². The Bertz CT molecular complexity index is 695. The van der Waals surface area contributed by atoms with Crippen molar-refractivity contribution in [3.05, 3.63) is 35.9 Å². The molecule has 0 N–H and O–H groups in total. The number of ether oxygens (including phenoxy) is 1. The van der Waals surface area contributed by atoms with Crippen molar-refractivity contribution in [1.82, 2.24) is 3.97 Å². The number of rotatable bonds is 5. The highest BCUT2D eigenvalue weighted by Gasteiger charge is 2.56. The summed E-state index contributed by atoms with van der Waals surface area (Å²) in [6.45, 7) is 10.5. The highest BCUT2D eigenvalue weighted by atomic mass is 32.2. The van der Waals surface area contributed by atoms with E-state index in [0.717, 1.165) is 5.56 Å². The zero-order chi connectivity index (χ0) is 18.2. The van der Waals surface area contributed by atoms with Crippen LogP contribution in [0.1, 0.15) is 32.8 Å². The van der Waals surface area contributed by atoms with Crippen LogP contribution < -0.4 is 0 Å². The van der Waals surface area contributed by atoms with Crippen molar-refractivity contribution in [1.29, 1.82) is 0 Å². The fourth-order valence-electron chi connectivity index (χ4n) is 2.80. The molecule has 1 aliphatic rings. The molecule has 1 fully saturated rings. The van der Waals surface area contributed by atoms with Crippen LogP contribution in [0, 0.1) is 0 Å². The molecular weight excluding hydrogens is 342 g/mol. The van der Waals surface area contributed by atoms with Gasteiger partial charge in [0.25, 0.3) is 0 Å². The molecule has 1 atom stereocenters. The first-order chi connectivity index (χ1) is 10.9. The summed E-state index contributed by atoms with van der Waals surface area (Å²) in [5.74, 6) is -0.303. The highest BCUT2D eigenvalue weighted by molar-refractivity contribution is 7.91. The lowest BCUT2D eigenvalue weighted by molar-refractivity contribution is -0.145. The summed E-state index contributed by atoms with van der Waals surface area (Å²) >= 11 is 0. The van der Waals surface area contributed by atoms with E-state index in [0.29, 0.717) is 0 Å². The minimum absolute atomic E-state index is 0.0416. The Hall–Kier alpha value is -1.18. The van der Waals surface area contributed by atoms with Crippen molar-refractivity contribution in [2.24, 2.45) is 0 Å². The lowest BCUT2D eigenvalue weighted by atomic mass is 10.2. The van der Waals surface area contributed by atoms with Crippen LogP contribution >= 0.6 is 0 Å². The molecule has 1 aromatic carbocycles. The molecule has 1 aromatic rings. The molecule has 0 unspecified atom stereocenters. The van der Waals surface area contributed by atoms with Gasteiger partial charge in [-0.25, -0.2) is 12.4 Å². The van der Waals surface area contributed by atoms with Crippen molar-refractivity contribution in [2.75, 3.05) is 5.75 Å². The second-order valence-electron chi connectivity index (χ2n) is 7.89. The standard InChI is InChI=1S/C17H27NO4SSi/c1-17(2,3)24(4,5)18-15(13-23(18,20)21)11-16(19)22-12-14-9-7-6-8-10-14/h6-10,15H,11-13H2,1-5H3/t15-/m0/s1. The summed E-state index contributed by atoms with van der Waals surface area (Å²) in [5, 5.41) is -0.104. The first-order valence-electron chi connectivity index (χ1n) is 8.17. The minimum Gasteiger partial charge on any atom is -0.461 e. The number of carbonyl (C=O) groups excluding carboxylic acids is 1. The molecule has 24 heavy (non-hydrogen) atoms. The first-order valence-corrected chi connectivity index (χ1v) is 12.7. The smallest absolute Gasteiger partial charge is 0.307 e. The van der Waals surface area contributed by atoms with Gasteiger partial charge in [-0.05, 0) is 10.6 Å². The molecule has 134 valence electrons. The second-order valence-corrected chi connectivity index (χ2v) is 15.2. The molecule has 0 radical (unpaired) electrons. The van der Waals surface area contributed by atoms with Gasteiger partial charge in [0.1, 0.15) is 14.8 Å². The molecule has 0 aromatic heterocycles. The van der Waals surface area contributed by atoms with Crippen LogP contribution in [-0.2, 0) is 26.2 Å². The Kier molecular flexibility index (Phi) is 5.27. The molecule has 1 saturated heterocycles. The van der Waals surface area contributed by atoms with Crippen LogP contribution in [0.25, 0.3) is 0 Å². The SMILES string of the molecule is CC(C)(C)[Si](C)(C)N1[C@@H](CC(=O)OCc2ccccc2)CS1(=O)=O. The number of sulfonamides is 1. The van der Waals surface area contributed by atoms with Gasteiger partial charge in [-0.2, -0.15) is 0 Å².